The van der Waals surface area contributed by atoms with Crippen LogP contribution < -0.4 is 0 Å². The molecular weight excluding hydrogens is 270 g/mol. The second kappa shape index (κ2) is 4.55. The highest BCUT2D eigenvalue weighted by Gasteiger charge is 2.53. The Balaban J connectivity index is 1.55. The van der Waals surface area contributed by atoms with Crippen molar-refractivity contribution in [3.05, 3.63) is 0 Å². The van der Waals surface area contributed by atoms with E-state index in [-0.39, 0.29) is 5.41 Å². The summed E-state index contributed by atoms with van der Waals surface area (Å²) < 4.78 is 4.73. The molecule has 0 saturated heterocycles. The van der Waals surface area contributed by atoms with E-state index >= 15 is 0 Å². The SMILES string of the molecule is COC(=O)C1C(=O)ON=C1CC12CC3CC(CC(C3)C1)C2. The van der Waals surface area contributed by atoms with E-state index in [1.54, 1.807) is 0 Å². The summed E-state index contributed by atoms with van der Waals surface area (Å²) in [6, 6.07) is 0. The molecule has 114 valence electrons. The van der Waals surface area contributed by atoms with Gasteiger partial charge in [0, 0.05) is 0 Å². The first-order chi connectivity index (χ1) is 10.1. The number of hydrogen-bond acceptors (Lipinski definition) is 5. The van der Waals surface area contributed by atoms with Gasteiger partial charge in [0.25, 0.3) is 0 Å². The third kappa shape index (κ3) is 2.09. The van der Waals surface area contributed by atoms with Crippen molar-refractivity contribution in [2.24, 2.45) is 34.2 Å². The lowest BCUT2D eigenvalue weighted by molar-refractivity contribution is -0.154. The standard InChI is InChI=1S/C16H21NO4/c1-20-14(18)13-12(17-21-15(13)19)8-16-5-9-2-10(6-16)4-11(3-9)7-16/h9-11,13H,2-8H2,1H3. The van der Waals surface area contributed by atoms with Crippen LogP contribution in [0.5, 0.6) is 0 Å². The zero-order chi connectivity index (χ0) is 14.6. The number of oxime groups is 1. The molecule has 0 spiro atoms. The summed E-state index contributed by atoms with van der Waals surface area (Å²) in [5.41, 5.74) is 0.835. The average molecular weight is 291 g/mol. The van der Waals surface area contributed by atoms with Gasteiger partial charge in [-0.1, -0.05) is 5.16 Å². The second-order valence-corrected chi connectivity index (χ2v) is 7.54. The maximum atomic E-state index is 11.8. The number of carbonyl (C=O) groups excluding carboxylic acids is 2. The highest BCUT2D eigenvalue weighted by Crippen LogP contribution is 2.61. The van der Waals surface area contributed by atoms with Crippen molar-refractivity contribution in [3.63, 3.8) is 0 Å². The minimum atomic E-state index is -0.928. The number of hydrogen-bond donors (Lipinski definition) is 0. The number of methoxy groups -OCH3 is 1. The van der Waals surface area contributed by atoms with Crippen LogP contribution in [0, 0.1) is 29.1 Å². The van der Waals surface area contributed by atoms with Crippen LogP contribution in [0.15, 0.2) is 5.16 Å². The van der Waals surface area contributed by atoms with Crippen LogP contribution in [-0.2, 0) is 19.2 Å². The van der Waals surface area contributed by atoms with Gasteiger partial charge in [-0.25, -0.2) is 4.79 Å². The molecule has 0 aromatic rings. The summed E-state index contributed by atoms with van der Waals surface area (Å²) in [4.78, 5) is 28.3. The van der Waals surface area contributed by atoms with Crippen molar-refractivity contribution >= 4 is 17.7 Å². The first kappa shape index (κ1) is 13.3. The Morgan fingerprint density at radius 1 is 1.24 bits per heavy atom. The van der Waals surface area contributed by atoms with Gasteiger partial charge in [-0.15, -0.1) is 0 Å². The first-order valence-corrected chi connectivity index (χ1v) is 7.94. The molecule has 0 amide bonds. The van der Waals surface area contributed by atoms with Crippen LogP contribution in [0.4, 0.5) is 0 Å². The second-order valence-electron chi connectivity index (χ2n) is 7.54. The molecule has 1 heterocycles. The van der Waals surface area contributed by atoms with E-state index in [1.165, 1.54) is 45.6 Å². The minimum absolute atomic E-state index is 0.244. The first-order valence-electron chi connectivity index (χ1n) is 7.94. The number of carbonyl (C=O) groups is 2. The third-order valence-electron chi connectivity index (χ3n) is 5.98. The third-order valence-corrected chi connectivity index (χ3v) is 5.98. The van der Waals surface area contributed by atoms with Gasteiger partial charge in [0.15, 0.2) is 5.92 Å². The van der Waals surface area contributed by atoms with Crippen LogP contribution in [-0.4, -0.2) is 24.8 Å². The van der Waals surface area contributed by atoms with Crippen molar-refractivity contribution in [1.82, 2.24) is 0 Å². The molecule has 0 aromatic carbocycles. The summed E-state index contributed by atoms with van der Waals surface area (Å²) in [5.74, 6) is 0.468. The van der Waals surface area contributed by atoms with Gasteiger partial charge in [0.1, 0.15) is 0 Å². The zero-order valence-electron chi connectivity index (χ0n) is 12.3. The quantitative estimate of drug-likeness (QED) is 0.454. The maximum absolute atomic E-state index is 11.8. The molecule has 1 atom stereocenters. The molecule has 21 heavy (non-hydrogen) atoms. The topological polar surface area (TPSA) is 65.0 Å². The summed E-state index contributed by atoms with van der Waals surface area (Å²) in [6.45, 7) is 0. The molecule has 5 aliphatic rings. The van der Waals surface area contributed by atoms with Crippen molar-refractivity contribution in [3.8, 4) is 0 Å². The van der Waals surface area contributed by atoms with E-state index in [1.807, 2.05) is 0 Å². The van der Waals surface area contributed by atoms with E-state index in [9.17, 15) is 9.59 Å². The summed E-state index contributed by atoms with van der Waals surface area (Å²) in [7, 11) is 1.30. The van der Waals surface area contributed by atoms with Gasteiger partial charge in [-0.3, -0.25) is 4.79 Å². The maximum Gasteiger partial charge on any atom is 0.355 e. The molecule has 1 unspecified atom stereocenters. The van der Waals surface area contributed by atoms with Gasteiger partial charge in [-0.05, 0) is 68.1 Å². The van der Waals surface area contributed by atoms with Crippen molar-refractivity contribution in [1.29, 1.82) is 0 Å². The Morgan fingerprint density at radius 2 is 1.81 bits per heavy atom. The fourth-order valence-electron chi connectivity index (χ4n) is 5.72. The number of ether oxygens (including phenoxy) is 1. The van der Waals surface area contributed by atoms with E-state index in [4.69, 9.17) is 9.57 Å². The zero-order valence-corrected chi connectivity index (χ0v) is 12.3. The van der Waals surface area contributed by atoms with Crippen molar-refractivity contribution < 1.29 is 19.2 Å². The smallest absolute Gasteiger partial charge is 0.355 e. The Kier molecular flexibility index (Phi) is 2.88. The Hall–Kier alpha value is -1.39. The van der Waals surface area contributed by atoms with Crippen LogP contribution >= 0.6 is 0 Å². The normalized spacial score (nSPS) is 43.7. The van der Waals surface area contributed by atoms with Crippen LogP contribution in [0.3, 0.4) is 0 Å². The molecule has 4 bridgehead atoms. The Bertz CT molecular complexity index is 489. The monoisotopic (exact) mass is 291 g/mol. The average Bonchev–Trinajstić information content (AvgIpc) is 2.76. The van der Waals surface area contributed by atoms with Crippen LogP contribution in [0.1, 0.15) is 44.9 Å². The predicted molar refractivity (Wildman–Crippen MR) is 74.3 cm³/mol. The molecule has 5 nitrogen and oxygen atoms in total. The Labute approximate surface area is 124 Å². The lowest BCUT2D eigenvalue weighted by atomic mass is 9.48. The highest BCUT2D eigenvalue weighted by molar-refractivity contribution is 6.19. The molecular formula is C16H21NO4. The summed E-state index contributed by atoms with van der Waals surface area (Å²) in [5, 5.41) is 3.91. The summed E-state index contributed by atoms with van der Waals surface area (Å²) in [6.07, 6.45) is 8.52. The van der Waals surface area contributed by atoms with E-state index < -0.39 is 17.9 Å². The van der Waals surface area contributed by atoms with Gasteiger partial charge in [-0.2, -0.15) is 0 Å². The van der Waals surface area contributed by atoms with Crippen molar-refractivity contribution in [2.45, 2.75) is 44.9 Å². The summed E-state index contributed by atoms with van der Waals surface area (Å²) >= 11 is 0. The van der Waals surface area contributed by atoms with E-state index in [2.05, 4.69) is 5.16 Å². The molecule has 4 fully saturated rings. The lowest BCUT2D eigenvalue weighted by Gasteiger charge is -2.57. The molecule has 0 N–H and O–H groups in total. The minimum Gasteiger partial charge on any atom is -0.468 e. The highest BCUT2D eigenvalue weighted by atomic mass is 16.7. The number of esters is 1. The fourth-order valence-corrected chi connectivity index (χ4v) is 5.72. The largest absolute Gasteiger partial charge is 0.468 e. The van der Waals surface area contributed by atoms with Crippen LogP contribution in [0.2, 0.25) is 0 Å². The molecule has 5 heteroatoms. The van der Waals surface area contributed by atoms with E-state index in [0.717, 1.165) is 24.2 Å². The van der Waals surface area contributed by atoms with Gasteiger partial charge in [0.05, 0.1) is 12.8 Å². The molecule has 5 rings (SSSR count). The molecule has 4 aliphatic carbocycles. The fraction of sp³-hybridized carbons (Fsp3) is 0.812. The van der Waals surface area contributed by atoms with Crippen LogP contribution in [0.25, 0.3) is 0 Å². The predicted octanol–water partition coefficient (Wildman–Crippen LogP) is 2.29. The lowest BCUT2D eigenvalue weighted by Crippen LogP contribution is -2.47. The number of nitrogens with zero attached hydrogens (tertiary/aromatic N) is 1. The van der Waals surface area contributed by atoms with Gasteiger partial charge < -0.3 is 9.57 Å². The van der Waals surface area contributed by atoms with Gasteiger partial charge in [0.2, 0.25) is 0 Å². The molecule has 4 saturated carbocycles. The number of rotatable bonds is 3. The molecule has 0 aromatic heterocycles. The van der Waals surface area contributed by atoms with Gasteiger partial charge >= 0.3 is 11.9 Å². The van der Waals surface area contributed by atoms with Crippen molar-refractivity contribution in [2.75, 3.05) is 7.11 Å². The van der Waals surface area contributed by atoms with E-state index in [0.29, 0.717) is 5.71 Å². The Morgan fingerprint density at radius 3 is 2.33 bits per heavy atom. The molecule has 0 radical (unpaired) electrons. The molecule has 1 aliphatic heterocycles.